The molecule has 2 N–H and O–H groups in total. The van der Waals surface area contributed by atoms with E-state index >= 15 is 0 Å². The van der Waals surface area contributed by atoms with Crippen LogP contribution in [0.25, 0.3) is 6.08 Å². The molecule has 3 aromatic carbocycles. The van der Waals surface area contributed by atoms with E-state index in [0.717, 1.165) is 5.69 Å². The molecule has 0 atom stereocenters. The topological polar surface area (TPSA) is 43.8 Å². The van der Waals surface area contributed by atoms with Gasteiger partial charge in [0.1, 0.15) is 5.54 Å². The lowest BCUT2D eigenvalue weighted by molar-refractivity contribution is 0.514. The zero-order chi connectivity index (χ0) is 19.2. The second kappa shape index (κ2) is 8.07. The summed E-state index contributed by atoms with van der Waals surface area (Å²) in [7, 11) is 0. The molecule has 3 nitrogen and oxygen atoms in total. The first kappa shape index (κ1) is 18.0. The van der Waals surface area contributed by atoms with Crippen molar-refractivity contribution in [2.75, 3.05) is 6.54 Å². The van der Waals surface area contributed by atoms with Crippen LogP contribution < -0.4 is 5.73 Å². The van der Waals surface area contributed by atoms with E-state index in [2.05, 4.69) is 88.5 Å². The molecule has 28 heavy (non-hydrogen) atoms. The van der Waals surface area contributed by atoms with Crippen molar-refractivity contribution in [3.63, 3.8) is 0 Å². The van der Waals surface area contributed by atoms with Crippen molar-refractivity contribution in [1.29, 1.82) is 0 Å². The highest BCUT2D eigenvalue weighted by molar-refractivity contribution is 5.52. The van der Waals surface area contributed by atoms with Gasteiger partial charge in [-0.3, -0.25) is 0 Å². The van der Waals surface area contributed by atoms with Gasteiger partial charge >= 0.3 is 0 Å². The van der Waals surface area contributed by atoms with Gasteiger partial charge in [0.2, 0.25) is 0 Å². The molecule has 1 heterocycles. The molecule has 0 amide bonds. The summed E-state index contributed by atoms with van der Waals surface area (Å²) in [5.41, 5.74) is 9.52. The molecule has 0 aliphatic carbocycles. The molecule has 0 fully saturated rings. The van der Waals surface area contributed by atoms with Gasteiger partial charge in [-0.2, -0.15) is 0 Å². The number of hydrogen-bond donors (Lipinski definition) is 1. The number of nitrogens with zero attached hydrogens (tertiary/aromatic N) is 2. The Morgan fingerprint density at radius 3 is 1.64 bits per heavy atom. The zero-order valence-electron chi connectivity index (χ0n) is 15.6. The van der Waals surface area contributed by atoms with Crippen molar-refractivity contribution in [3.8, 4) is 0 Å². The molecule has 0 spiro atoms. The lowest BCUT2D eigenvalue weighted by Gasteiger charge is -2.37. The largest absolute Gasteiger partial charge is 0.327 e. The molecule has 0 bridgehead atoms. The average Bonchev–Trinajstić information content (AvgIpc) is 3.24. The van der Waals surface area contributed by atoms with Gasteiger partial charge in [0.15, 0.2) is 0 Å². The highest BCUT2D eigenvalue weighted by Gasteiger charge is 2.38. The fraction of sp³-hybridized carbons (Fsp3) is 0.0800. The van der Waals surface area contributed by atoms with Crippen molar-refractivity contribution in [3.05, 3.63) is 132 Å². The Morgan fingerprint density at radius 2 is 1.21 bits per heavy atom. The molecule has 1 aromatic heterocycles. The van der Waals surface area contributed by atoms with Gasteiger partial charge in [0.05, 0.1) is 12.0 Å². The van der Waals surface area contributed by atoms with Crippen LogP contribution in [0.4, 0.5) is 0 Å². The van der Waals surface area contributed by atoms with Crippen LogP contribution in [0.2, 0.25) is 0 Å². The SMILES string of the molecule is NC/C=C\c1cn(C(c2ccccc2)(c2ccccc2)c2ccccc2)cn1. The minimum Gasteiger partial charge on any atom is -0.327 e. The summed E-state index contributed by atoms with van der Waals surface area (Å²) in [6.07, 6.45) is 7.87. The van der Waals surface area contributed by atoms with Crippen molar-refractivity contribution in [2.24, 2.45) is 5.73 Å². The summed E-state index contributed by atoms with van der Waals surface area (Å²) < 4.78 is 2.20. The number of hydrogen-bond acceptors (Lipinski definition) is 2. The van der Waals surface area contributed by atoms with Crippen molar-refractivity contribution in [1.82, 2.24) is 9.55 Å². The number of benzene rings is 3. The Balaban J connectivity index is 2.04. The normalized spacial score (nSPS) is 11.8. The highest BCUT2D eigenvalue weighted by atomic mass is 15.1. The van der Waals surface area contributed by atoms with Gasteiger partial charge in [-0.25, -0.2) is 4.98 Å². The van der Waals surface area contributed by atoms with E-state index in [4.69, 9.17) is 5.73 Å². The van der Waals surface area contributed by atoms with Gasteiger partial charge in [0.25, 0.3) is 0 Å². The van der Waals surface area contributed by atoms with E-state index in [1.165, 1.54) is 16.7 Å². The van der Waals surface area contributed by atoms with Gasteiger partial charge < -0.3 is 10.3 Å². The second-order valence-electron chi connectivity index (χ2n) is 6.65. The fourth-order valence-corrected chi connectivity index (χ4v) is 3.78. The number of nitrogens with two attached hydrogens (primary N) is 1. The van der Waals surface area contributed by atoms with Crippen LogP contribution in [0.5, 0.6) is 0 Å². The first-order valence-corrected chi connectivity index (χ1v) is 9.43. The van der Waals surface area contributed by atoms with Gasteiger partial charge in [-0.1, -0.05) is 97.1 Å². The summed E-state index contributed by atoms with van der Waals surface area (Å²) in [5.74, 6) is 0. The molecule has 3 heteroatoms. The molecule has 4 aromatic rings. The van der Waals surface area contributed by atoms with Crippen LogP contribution in [0.15, 0.2) is 110 Å². The van der Waals surface area contributed by atoms with Crippen LogP contribution in [0.3, 0.4) is 0 Å². The predicted molar refractivity (Wildman–Crippen MR) is 115 cm³/mol. The molecular weight excluding hydrogens is 342 g/mol. The Morgan fingerprint density at radius 1 is 0.750 bits per heavy atom. The molecule has 0 saturated heterocycles. The maximum Gasteiger partial charge on any atom is 0.121 e. The Hall–Kier alpha value is -3.43. The quantitative estimate of drug-likeness (QED) is 0.504. The van der Waals surface area contributed by atoms with Crippen LogP contribution in [-0.4, -0.2) is 16.1 Å². The van der Waals surface area contributed by atoms with Crippen molar-refractivity contribution >= 4 is 6.08 Å². The third kappa shape index (κ3) is 3.17. The number of rotatable bonds is 6. The molecule has 4 rings (SSSR count). The van der Waals surface area contributed by atoms with Crippen molar-refractivity contribution < 1.29 is 0 Å². The first-order chi connectivity index (χ1) is 13.9. The van der Waals surface area contributed by atoms with Crippen LogP contribution in [-0.2, 0) is 5.54 Å². The second-order valence-corrected chi connectivity index (χ2v) is 6.65. The van der Waals surface area contributed by atoms with E-state index in [-0.39, 0.29) is 0 Å². The van der Waals surface area contributed by atoms with Crippen LogP contribution >= 0.6 is 0 Å². The van der Waals surface area contributed by atoms with Gasteiger partial charge in [-0.05, 0) is 22.8 Å². The van der Waals surface area contributed by atoms with Crippen molar-refractivity contribution in [2.45, 2.75) is 5.54 Å². The molecule has 0 saturated carbocycles. The van der Waals surface area contributed by atoms with E-state index in [1.54, 1.807) is 0 Å². The lowest BCUT2D eigenvalue weighted by Crippen LogP contribution is -2.36. The minimum absolute atomic E-state index is 0.494. The Kier molecular flexibility index (Phi) is 5.18. The molecule has 0 radical (unpaired) electrons. The number of imidazole rings is 1. The highest BCUT2D eigenvalue weighted by Crippen LogP contribution is 2.40. The van der Waals surface area contributed by atoms with E-state index in [0.29, 0.717) is 6.54 Å². The molecule has 0 aliphatic rings. The molecular formula is C25H23N3. The summed E-state index contributed by atoms with van der Waals surface area (Å²) in [4.78, 5) is 4.62. The monoisotopic (exact) mass is 365 g/mol. The third-order valence-corrected chi connectivity index (χ3v) is 4.99. The minimum atomic E-state index is -0.522. The van der Waals surface area contributed by atoms with Gasteiger partial charge in [-0.15, -0.1) is 0 Å². The fourth-order valence-electron chi connectivity index (χ4n) is 3.78. The Bertz CT molecular complexity index is 938. The Labute approximate surface area is 165 Å². The molecule has 0 aliphatic heterocycles. The van der Waals surface area contributed by atoms with Crippen LogP contribution in [0.1, 0.15) is 22.4 Å². The molecule has 138 valence electrons. The lowest BCUT2D eigenvalue weighted by atomic mass is 9.77. The van der Waals surface area contributed by atoms with Crippen LogP contribution in [0, 0.1) is 0 Å². The van der Waals surface area contributed by atoms with Gasteiger partial charge in [0, 0.05) is 12.7 Å². The van der Waals surface area contributed by atoms with E-state index in [9.17, 15) is 0 Å². The maximum absolute atomic E-state index is 5.62. The summed E-state index contributed by atoms with van der Waals surface area (Å²) >= 11 is 0. The number of aromatic nitrogens is 2. The summed E-state index contributed by atoms with van der Waals surface area (Å²) in [5, 5.41) is 0. The molecule has 0 unspecified atom stereocenters. The van der Waals surface area contributed by atoms with E-state index in [1.807, 2.05) is 36.7 Å². The maximum atomic E-state index is 5.62. The first-order valence-electron chi connectivity index (χ1n) is 9.43. The third-order valence-electron chi connectivity index (χ3n) is 4.99. The standard InChI is InChI=1S/C25H23N3/c26-18-10-17-24-19-28(20-27-24)25(21-11-4-1-5-12-21,22-13-6-2-7-14-22)23-15-8-3-9-16-23/h1-17,19-20H,18,26H2/b17-10-. The summed E-state index contributed by atoms with van der Waals surface area (Å²) in [6, 6.07) is 31.7. The zero-order valence-corrected chi connectivity index (χ0v) is 15.6. The average molecular weight is 365 g/mol. The van der Waals surface area contributed by atoms with E-state index < -0.39 is 5.54 Å². The predicted octanol–water partition coefficient (Wildman–Crippen LogP) is 4.70. The summed E-state index contributed by atoms with van der Waals surface area (Å²) in [6.45, 7) is 0.494. The smallest absolute Gasteiger partial charge is 0.121 e.